The first-order valence-electron chi connectivity index (χ1n) is 18.5. The summed E-state index contributed by atoms with van der Waals surface area (Å²) in [7, 11) is 0. The molecule has 3 fully saturated rings. The van der Waals surface area contributed by atoms with E-state index in [1.807, 2.05) is 34.6 Å². The van der Waals surface area contributed by atoms with Crippen molar-refractivity contribution >= 4 is 12.2 Å². The van der Waals surface area contributed by atoms with Crippen molar-refractivity contribution in [1.29, 1.82) is 0 Å². The molecule has 0 radical (unpaired) electrons. The molecular weight excluding hydrogens is 560 g/mol. The van der Waals surface area contributed by atoms with Crippen molar-refractivity contribution in [2.75, 3.05) is 6.54 Å². The molecule has 6 heteroatoms. The number of hydrogen-bond acceptors (Lipinski definition) is 4. The highest BCUT2D eigenvalue weighted by Crippen LogP contribution is 2.67. The Morgan fingerprint density at radius 2 is 1.67 bits per heavy atom. The molecule has 0 heterocycles. The van der Waals surface area contributed by atoms with E-state index in [-0.39, 0.29) is 18.1 Å². The van der Waals surface area contributed by atoms with Crippen LogP contribution in [-0.4, -0.2) is 36.0 Å². The first-order chi connectivity index (χ1) is 20.9. The van der Waals surface area contributed by atoms with Gasteiger partial charge in [-0.2, -0.15) is 0 Å². The standard InChI is InChI=1S/C39H68N2O4/c1-12-27(25(2)3)14-13-26(4)31-17-18-32-30-16-15-28-23-29(19-21-38(28,10)33(30)20-22-39(31,32)11)44-34(42)40-24-37(8,9)41-35(43)45-36(5,6)7/h15,25-27,29-33H,12-14,16-24H2,1-11H3,(H,40,42)(H,41,43)/t26-,27-,29+,30+,31-,32+,33+,38+,39-/m1/s1. The van der Waals surface area contributed by atoms with Gasteiger partial charge >= 0.3 is 12.2 Å². The van der Waals surface area contributed by atoms with Gasteiger partial charge in [-0.15, -0.1) is 0 Å². The summed E-state index contributed by atoms with van der Waals surface area (Å²) >= 11 is 0. The zero-order valence-electron chi connectivity index (χ0n) is 30.8. The smallest absolute Gasteiger partial charge is 0.408 e. The Hall–Kier alpha value is -1.72. The zero-order valence-corrected chi connectivity index (χ0v) is 30.8. The number of allylic oxidation sites excluding steroid dienone is 1. The van der Waals surface area contributed by atoms with Gasteiger partial charge in [0.25, 0.3) is 0 Å². The van der Waals surface area contributed by atoms with E-state index < -0.39 is 23.3 Å². The molecule has 0 unspecified atom stereocenters. The minimum Gasteiger partial charge on any atom is -0.446 e. The second-order valence-corrected chi connectivity index (χ2v) is 18.1. The molecule has 4 aliphatic carbocycles. The van der Waals surface area contributed by atoms with Crippen molar-refractivity contribution < 1.29 is 19.1 Å². The van der Waals surface area contributed by atoms with Gasteiger partial charge in [0.05, 0.1) is 5.54 Å². The Balaban J connectivity index is 1.32. The third kappa shape index (κ3) is 8.23. The summed E-state index contributed by atoms with van der Waals surface area (Å²) in [6.45, 7) is 24.5. The molecule has 0 aromatic rings. The Labute approximate surface area is 276 Å². The van der Waals surface area contributed by atoms with Crippen molar-refractivity contribution in [3.05, 3.63) is 11.6 Å². The van der Waals surface area contributed by atoms with Crippen LogP contribution in [0.1, 0.15) is 147 Å². The minimum absolute atomic E-state index is 0.0915. The van der Waals surface area contributed by atoms with Gasteiger partial charge in [-0.1, -0.05) is 66.0 Å². The number of ether oxygens (including phenoxy) is 2. The van der Waals surface area contributed by atoms with E-state index in [1.54, 1.807) is 0 Å². The highest BCUT2D eigenvalue weighted by atomic mass is 16.6. The fourth-order valence-electron chi connectivity index (χ4n) is 10.5. The molecule has 9 atom stereocenters. The number of alkyl carbamates (subject to hydrolysis) is 2. The fraction of sp³-hybridized carbons (Fsp3) is 0.897. The van der Waals surface area contributed by atoms with Crippen LogP contribution in [0.4, 0.5) is 9.59 Å². The molecule has 2 N–H and O–H groups in total. The van der Waals surface area contributed by atoms with Crippen LogP contribution in [0.2, 0.25) is 0 Å². The molecule has 258 valence electrons. The summed E-state index contributed by atoms with van der Waals surface area (Å²) in [5.41, 5.74) is 1.02. The topological polar surface area (TPSA) is 76.7 Å². The number of nitrogens with one attached hydrogen (secondary N) is 2. The molecule has 4 aliphatic rings. The molecule has 0 aliphatic heterocycles. The predicted molar refractivity (Wildman–Crippen MR) is 184 cm³/mol. The molecule has 0 aromatic heterocycles. The first-order valence-corrected chi connectivity index (χ1v) is 18.5. The second kappa shape index (κ2) is 13.8. The van der Waals surface area contributed by atoms with Crippen LogP contribution in [0.3, 0.4) is 0 Å². The van der Waals surface area contributed by atoms with E-state index >= 15 is 0 Å². The SMILES string of the molecule is CC[C@H](CC[C@@H](C)[C@H]1CC[C@H]2[C@@H]3CC=C4C[C@@H](OC(=O)NCC(C)(C)NC(=O)OC(C)(C)C)CC[C@]4(C)[C@H]3CC[C@]12C)C(C)C. The Morgan fingerprint density at radius 1 is 0.956 bits per heavy atom. The third-order valence-electron chi connectivity index (χ3n) is 13.1. The van der Waals surface area contributed by atoms with Crippen molar-refractivity contribution in [3.8, 4) is 0 Å². The van der Waals surface area contributed by atoms with Gasteiger partial charge in [-0.05, 0) is 138 Å². The molecule has 3 saturated carbocycles. The van der Waals surface area contributed by atoms with Gasteiger partial charge in [0.15, 0.2) is 0 Å². The van der Waals surface area contributed by atoms with Crippen molar-refractivity contribution in [3.63, 3.8) is 0 Å². The Bertz CT molecular complexity index is 1080. The van der Waals surface area contributed by atoms with Gasteiger partial charge < -0.3 is 20.1 Å². The van der Waals surface area contributed by atoms with Crippen molar-refractivity contribution in [1.82, 2.24) is 10.6 Å². The van der Waals surface area contributed by atoms with E-state index in [1.165, 1.54) is 56.9 Å². The summed E-state index contributed by atoms with van der Waals surface area (Å²) in [6, 6.07) is 0. The maximum atomic E-state index is 12.8. The maximum Gasteiger partial charge on any atom is 0.408 e. The van der Waals surface area contributed by atoms with Crippen LogP contribution in [0, 0.1) is 52.3 Å². The Kier molecular flexibility index (Phi) is 11.1. The average Bonchev–Trinajstić information content (AvgIpc) is 3.28. The molecule has 4 rings (SSSR count). The summed E-state index contributed by atoms with van der Waals surface area (Å²) in [6.07, 6.45) is 15.3. The number of carbonyl (C=O) groups excluding carboxylic acids is 2. The molecular formula is C39H68N2O4. The molecule has 0 spiro atoms. The molecule has 0 bridgehead atoms. The predicted octanol–water partition coefficient (Wildman–Crippen LogP) is 10.1. The molecule has 0 aromatic carbocycles. The largest absolute Gasteiger partial charge is 0.446 e. The van der Waals surface area contributed by atoms with Crippen LogP contribution in [0.5, 0.6) is 0 Å². The average molecular weight is 629 g/mol. The van der Waals surface area contributed by atoms with Crippen molar-refractivity contribution in [2.45, 2.75) is 164 Å². The monoisotopic (exact) mass is 629 g/mol. The van der Waals surface area contributed by atoms with Crippen molar-refractivity contribution in [2.24, 2.45) is 52.3 Å². The van der Waals surface area contributed by atoms with Gasteiger partial charge in [-0.3, -0.25) is 0 Å². The molecule has 45 heavy (non-hydrogen) atoms. The number of hydrogen-bond donors (Lipinski definition) is 2. The zero-order chi connectivity index (χ0) is 33.4. The first kappa shape index (κ1) is 36.1. The molecule has 2 amide bonds. The summed E-state index contributed by atoms with van der Waals surface area (Å²) in [4.78, 5) is 25.0. The van der Waals surface area contributed by atoms with E-state index in [0.717, 1.165) is 60.7 Å². The number of carbonyl (C=O) groups is 2. The van der Waals surface area contributed by atoms with E-state index in [9.17, 15) is 9.59 Å². The summed E-state index contributed by atoms with van der Waals surface area (Å²) in [5, 5.41) is 5.72. The van der Waals surface area contributed by atoms with Crippen LogP contribution in [-0.2, 0) is 9.47 Å². The van der Waals surface area contributed by atoms with Gasteiger partial charge in [0, 0.05) is 13.0 Å². The van der Waals surface area contributed by atoms with Gasteiger partial charge in [0.2, 0.25) is 0 Å². The number of rotatable bonds is 10. The highest BCUT2D eigenvalue weighted by molar-refractivity contribution is 5.70. The second-order valence-electron chi connectivity index (χ2n) is 18.1. The summed E-state index contributed by atoms with van der Waals surface area (Å²) in [5.74, 6) is 5.77. The van der Waals surface area contributed by atoms with Crippen LogP contribution < -0.4 is 10.6 Å². The lowest BCUT2D eigenvalue weighted by Crippen LogP contribution is -2.53. The van der Waals surface area contributed by atoms with E-state index in [2.05, 4.69) is 58.3 Å². The number of fused-ring (bicyclic) bond motifs is 5. The van der Waals surface area contributed by atoms with Gasteiger partial charge in [-0.25, -0.2) is 9.59 Å². The third-order valence-corrected chi connectivity index (χ3v) is 13.1. The van der Waals surface area contributed by atoms with E-state index in [0.29, 0.717) is 5.41 Å². The maximum absolute atomic E-state index is 12.8. The molecule has 6 nitrogen and oxygen atoms in total. The lowest BCUT2D eigenvalue weighted by Gasteiger charge is -2.58. The quantitative estimate of drug-likeness (QED) is 0.236. The van der Waals surface area contributed by atoms with E-state index in [4.69, 9.17) is 9.47 Å². The van der Waals surface area contributed by atoms with Crippen LogP contribution >= 0.6 is 0 Å². The van der Waals surface area contributed by atoms with Gasteiger partial charge in [0.1, 0.15) is 11.7 Å². The normalized spacial score (nSPS) is 34.5. The fourth-order valence-corrected chi connectivity index (χ4v) is 10.5. The van der Waals surface area contributed by atoms with Crippen LogP contribution in [0.15, 0.2) is 11.6 Å². The minimum atomic E-state index is -0.661. The lowest BCUT2D eigenvalue weighted by molar-refractivity contribution is -0.0584. The van der Waals surface area contributed by atoms with Crippen LogP contribution in [0.25, 0.3) is 0 Å². The lowest BCUT2D eigenvalue weighted by atomic mass is 9.47. The molecule has 0 saturated heterocycles. The highest BCUT2D eigenvalue weighted by Gasteiger charge is 2.59. The summed E-state index contributed by atoms with van der Waals surface area (Å²) < 4.78 is 11.3. The number of amides is 2. The Morgan fingerprint density at radius 3 is 2.31 bits per heavy atom.